The van der Waals surface area contributed by atoms with E-state index in [4.69, 9.17) is 0 Å². The van der Waals surface area contributed by atoms with Crippen LogP contribution in [0.1, 0.15) is 18.5 Å². The molecule has 0 amide bonds. The van der Waals surface area contributed by atoms with E-state index in [1.165, 1.54) is 4.90 Å². The second-order valence-corrected chi connectivity index (χ2v) is 4.51. The average molecular weight is 259 g/mol. The van der Waals surface area contributed by atoms with Gasteiger partial charge in [-0.1, -0.05) is 0 Å². The quantitative estimate of drug-likeness (QED) is 0.879. The third kappa shape index (κ3) is 3.60. The maximum Gasteiger partial charge on any atom is 0.405 e. The highest BCUT2D eigenvalue weighted by atomic mass is 19.4. The van der Waals surface area contributed by atoms with Crippen molar-refractivity contribution in [3.63, 3.8) is 0 Å². The number of hydrogen-bond donors (Lipinski definition) is 1. The maximum atomic E-state index is 12.6. The summed E-state index contributed by atoms with van der Waals surface area (Å²) in [5.41, 5.74) is 1.36. The van der Waals surface area contributed by atoms with Gasteiger partial charge in [0, 0.05) is 24.5 Å². The number of nitrogens with zero attached hydrogens (tertiary/aromatic N) is 2. The van der Waals surface area contributed by atoms with Crippen molar-refractivity contribution < 1.29 is 13.2 Å². The SMILES string of the molecule is CNCc1cc(N(CC(F)(F)F)C2CC2)ccn1. The van der Waals surface area contributed by atoms with E-state index in [-0.39, 0.29) is 6.04 Å². The van der Waals surface area contributed by atoms with Crippen molar-refractivity contribution in [1.29, 1.82) is 0 Å². The number of hydrogen-bond acceptors (Lipinski definition) is 3. The molecule has 1 aromatic rings. The monoisotopic (exact) mass is 259 g/mol. The Bertz CT molecular complexity index is 402. The minimum atomic E-state index is -4.17. The lowest BCUT2D eigenvalue weighted by Gasteiger charge is -2.26. The Morgan fingerprint density at radius 1 is 1.44 bits per heavy atom. The minimum absolute atomic E-state index is 0.0245. The smallest absolute Gasteiger partial charge is 0.359 e. The zero-order valence-electron chi connectivity index (χ0n) is 10.2. The summed E-state index contributed by atoms with van der Waals surface area (Å²) in [5, 5.41) is 2.94. The van der Waals surface area contributed by atoms with E-state index in [9.17, 15) is 13.2 Å². The molecule has 1 aromatic heterocycles. The molecule has 0 saturated heterocycles. The standard InChI is InChI=1S/C12H16F3N3/c1-16-7-9-6-11(4-5-17-9)18(10-2-3-10)8-12(13,14)15/h4-6,10,16H,2-3,7-8H2,1H3. The fraction of sp³-hybridized carbons (Fsp3) is 0.583. The van der Waals surface area contributed by atoms with Crippen LogP contribution >= 0.6 is 0 Å². The molecule has 1 saturated carbocycles. The normalized spacial score (nSPS) is 15.8. The Hall–Kier alpha value is -1.30. The fourth-order valence-electron chi connectivity index (χ4n) is 1.93. The van der Waals surface area contributed by atoms with E-state index in [1.807, 2.05) is 0 Å². The first-order chi connectivity index (χ1) is 8.49. The number of pyridine rings is 1. The van der Waals surface area contributed by atoms with E-state index in [1.54, 1.807) is 25.4 Å². The van der Waals surface area contributed by atoms with Crippen LogP contribution in [-0.4, -0.2) is 30.8 Å². The molecule has 1 heterocycles. The molecule has 0 aromatic carbocycles. The zero-order chi connectivity index (χ0) is 13.2. The van der Waals surface area contributed by atoms with Crippen molar-refractivity contribution in [2.45, 2.75) is 31.6 Å². The summed E-state index contributed by atoms with van der Waals surface area (Å²) in [6.45, 7) is -0.334. The van der Waals surface area contributed by atoms with Gasteiger partial charge in [-0.05, 0) is 32.0 Å². The van der Waals surface area contributed by atoms with Crippen LogP contribution in [0.3, 0.4) is 0 Å². The molecule has 0 unspecified atom stereocenters. The Labute approximate surface area is 104 Å². The zero-order valence-corrected chi connectivity index (χ0v) is 10.2. The summed E-state index contributed by atoms with van der Waals surface area (Å²) in [7, 11) is 1.78. The first-order valence-electron chi connectivity index (χ1n) is 5.92. The first-order valence-corrected chi connectivity index (χ1v) is 5.92. The Kier molecular flexibility index (Phi) is 3.75. The predicted octanol–water partition coefficient (Wildman–Crippen LogP) is 2.33. The second kappa shape index (κ2) is 5.14. The summed E-state index contributed by atoms with van der Waals surface area (Å²) in [4.78, 5) is 5.55. The Morgan fingerprint density at radius 3 is 2.72 bits per heavy atom. The third-order valence-corrected chi connectivity index (χ3v) is 2.83. The van der Waals surface area contributed by atoms with Crippen LogP contribution < -0.4 is 10.2 Å². The van der Waals surface area contributed by atoms with Crippen molar-refractivity contribution >= 4 is 5.69 Å². The van der Waals surface area contributed by atoms with Crippen molar-refractivity contribution in [1.82, 2.24) is 10.3 Å². The molecule has 1 aliphatic carbocycles. The van der Waals surface area contributed by atoms with Crippen LogP contribution in [0.4, 0.5) is 18.9 Å². The van der Waals surface area contributed by atoms with Crippen LogP contribution in [0.15, 0.2) is 18.3 Å². The summed E-state index contributed by atoms with van der Waals surface area (Å²) < 4.78 is 37.7. The highest BCUT2D eigenvalue weighted by molar-refractivity contribution is 5.49. The molecule has 3 nitrogen and oxygen atoms in total. The van der Waals surface area contributed by atoms with E-state index in [0.717, 1.165) is 18.5 Å². The van der Waals surface area contributed by atoms with Crippen LogP contribution in [0, 0.1) is 0 Å². The van der Waals surface area contributed by atoms with Crippen LogP contribution in [0.25, 0.3) is 0 Å². The largest absolute Gasteiger partial charge is 0.405 e. The Balaban J connectivity index is 2.17. The van der Waals surface area contributed by atoms with Gasteiger partial charge in [0.25, 0.3) is 0 Å². The van der Waals surface area contributed by atoms with Crippen LogP contribution in [0.5, 0.6) is 0 Å². The van der Waals surface area contributed by atoms with Gasteiger partial charge in [0.2, 0.25) is 0 Å². The molecule has 6 heteroatoms. The molecule has 0 bridgehead atoms. The summed E-state index contributed by atoms with van der Waals surface area (Å²) in [5.74, 6) is 0. The Morgan fingerprint density at radius 2 is 2.17 bits per heavy atom. The molecule has 1 fully saturated rings. The highest BCUT2D eigenvalue weighted by Gasteiger charge is 2.38. The van der Waals surface area contributed by atoms with Gasteiger partial charge in [-0.2, -0.15) is 13.2 Å². The van der Waals surface area contributed by atoms with E-state index >= 15 is 0 Å². The number of anilines is 1. The molecule has 100 valence electrons. The van der Waals surface area contributed by atoms with Crippen molar-refractivity contribution in [2.24, 2.45) is 0 Å². The number of rotatable bonds is 5. The molecule has 1 N–H and O–H groups in total. The van der Waals surface area contributed by atoms with Crippen LogP contribution in [0.2, 0.25) is 0 Å². The summed E-state index contributed by atoms with van der Waals surface area (Å²) >= 11 is 0. The number of halogens is 3. The topological polar surface area (TPSA) is 28.2 Å². The number of nitrogens with one attached hydrogen (secondary N) is 1. The lowest BCUT2D eigenvalue weighted by Crippen LogP contribution is -2.36. The lowest BCUT2D eigenvalue weighted by atomic mass is 10.2. The van der Waals surface area contributed by atoms with Gasteiger partial charge in [-0.25, -0.2) is 0 Å². The molecule has 0 aliphatic heterocycles. The molecule has 0 spiro atoms. The maximum absolute atomic E-state index is 12.6. The van der Waals surface area contributed by atoms with Gasteiger partial charge in [-0.15, -0.1) is 0 Å². The van der Waals surface area contributed by atoms with Gasteiger partial charge in [0.05, 0.1) is 5.69 Å². The van der Waals surface area contributed by atoms with Gasteiger partial charge in [0.15, 0.2) is 0 Å². The number of aromatic nitrogens is 1. The van der Waals surface area contributed by atoms with E-state index in [0.29, 0.717) is 12.2 Å². The third-order valence-electron chi connectivity index (χ3n) is 2.83. The molecule has 0 atom stereocenters. The van der Waals surface area contributed by atoms with Gasteiger partial charge in [0.1, 0.15) is 6.54 Å². The molecular weight excluding hydrogens is 243 g/mol. The van der Waals surface area contributed by atoms with E-state index < -0.39 is 12.7 Å². The fourth-order valence-corrected chi connectivity index (χ4v) is 1.93. The molecular formula is C12H16F3N3. The second-order valence-electron chi connectivity index (χ2n) is 4.51. The highest BCUT2D eigenvalue weighted by Crippen LogP contribution is 2.34. The van der Waals surface area contributed by atoms with Crippen molar-refractivity contribution in [3.8, 4) is 0 Å². The van der Waals surface area contributed by atoms with Gasteiger partial charge < -0.3 is 10.2 Å². The van der Waals surface area contributed by atoms with Crippen molar-refractivity contribution in [2.75, 3.05) is 18.5 Å². The lowest BCUT2D eigenvalue weighted by molar-refractivity contribution is -0.120. The van der Waals surface area contributed by atoms with Gasteiger partial charge >= 0.3 is 6.18 Å². The molecule has 1 aliphatic rings. The number of alkyl halides is 3. The van der Waals surface area contributed by atoms with Gasteiger partial charge in [-0.3, -0.25) is 4.98 Å². The molecule has 0 radical (unpaired) electrons. The molecule has 18 heavy (non-hydrogen) atoms. The summed E-state index contributed by atoms with van der Waals surface area (Å²) in [6, 6.07) is 3.39. The minimum Gasteiger partial charge on any atom is -0.359 e. The predicted molar refractivity (Wildman–Crippen MR) is 63.4 cm³/mol. The average Bonchev–Trinajstić information content (AvgIpc) is 3.09. The van der Waals surface area contributed by atoms with Crippen molar-refractivity contribution in [3.05, 3.63) is 24.0 Å². The van der Waals surface area contributed by atoms with Crippen LogP contribution in [-0.2, 0) is 6.54 Å². The van der Waals surface area contributed by atoms with E-state index in [2.05, 4.69) is 10.3 Å². The summed E-state index contributed by atoms with van der Waals surface area (Å²) in [6.07, 6.45) is -0.942. The molecule has 2 rings (SSSR count). The first kappa shape index (κ1) is 13.1.